The van der Waals surface area contributed by atoms with Crippen LogP contribution in [0.3, 0.4) is 0 Å². The number of nitrogens with one attached hydrogen (secondary N) is 1. The molecular weight excluding hydrogens is 230 g/mol. The molecule has 15 heavy (non-hydrogen) atoms. The number of Topliss-reactive ketones (excluding diaryl/α,β-unsaturated/α-hetero) is 1. The molecule has 2 heterocycles. The van der Waals surface area contributed by atoms with Gasteiger partial charge in [0.2, 0.25) is 0 Å². The van der Waals surface area contributed by atoms with Crippen molar-refractivity contribution in [3.8, 4) is 0 Å². The highest BCUT2D eigenvalue weighted by Crippen LogP contribution is 2.34. The van der Waals surface area contributed by atoms with Crippen LogP contribution in [0.2, 0.25) is 5.02 Å². The summed E-state index contributed by atoms with van der Waals surface area (Å²) in [6.07, 6.45) is 2.01. The van der Waals surface area contributed by atoms with Gasteiger partial charge in [-0.1, -0.05) is 18.5 Å². The monoisotopic (exact) mass is 243 g/mol. The average Bonchev–Trinajstić information content (AvgIpc) is 2.64. The fourth-order valence-corrected chi connectivity index (χ4v) is 3.21. The molecule has 1 unspecified atom stereocenters. The molecule has 2 nitrogen and oxygen atoms in total. The highest BCUT2D eigenvalue weighted by molar-refractivity contribution is 7.12. The standard InChI is InChI=1S/C11H14ClNOS/c1-11(4-2-5-13-7-11)10(14)9-8(12)3-6-15-9/h3,6,13H,2,4-5,7H2,1H3. The van der Waals surface area contributed by atoms with Crippen molar-refractivity contribution in [2.75, 3.05) is 13.1 Å². The minimum Gasteiger partial charge on any atom is -0.316 e. The Morgan fingerprint density at radius 1 is 1.67 bits per heavy atom. The van der Waals surface area contributed by atoms with E-state index in [-0.39, 0.29) is 11.2 Å². The van der Waals surface area contributed by atoms with Gasteiger partial charge >= 0.3 is 0 Å². The summed E-state index contributed by atoms with van der Waals surface area (Å²) in [5.41, 5.74) is -0.271. The van der Waals surface area contributed by atoms with Crippen molar-refractivity contribution in [2.45, 2.75) is 19.8 Å². The van der Waals surface area contributed by atoms with E-state index in [4.69, 9.17) is 11.6 Å². The summed E-state index contributed by atoms with van der Waals surface area (Å²) in [7, 11) is 0. The second-order valence-electron chi connectivity index (χ2n) is 4.27. The summed E-state index contributed by atoms with van der Waals surface area (Å²) < 4.78 is 0. The van der Waals surface area contributed by atoms with E-state index in [0.717, 1.165) is 25.9 Å². The molecule has 1 aliphatic rings. The maximum absolute atomic E-state index is 12.3. The number of ketones is 1. The zero-order chi connectivity index (χ0) is 10.9. The molecule has 1 atom stereocenters. The molecule has 0 spiro atoms. The normalized spacial score (nSPS) is 26.5. The molecular formula is C11H14ClNOS. The lowest BCUT2D eigenvalue weighted by Crippen LogP contribution is -2.43. The maximum Gasteiger partial charge on any atom is 0.181 e. The second kappa shape index (κ2) is 4.24. The molecule has 1 saturated heterocycles. The van der Waals surface area contributed by atoms with E-state index < -0.39 is 0 Å². The van der Waals surface area contributed by atoms with E-state index in [2.05, 4.69) is 5.32 Å². The Morgan fingerprint density at radius 2 is 2.47 bits per heavy atom. The lowest BCUT2D eigenvalue weighted by molar-refractivity contribution is 0.0778. The van der Waals surface area contributed by atoms with Crippen molar-refractivity contribution >= 4 is 28.7 Å². The lowest BCUT2D eigenvalue weighted by atomic mass is 9.78. The summed E-state index contributed by atoms with van der Waals surface area (Å²) in [4.78, 5) is 13.0. The summed E-state index contributed by atoms with van der Waals surface area (Å²) in [6.45, 7) is 3.80. The van der Waals surface area contributed by atoms with Gasteiger partial charge in [0.05, 0.1) is 9.90 Å². The lowest BCUT2D eigenvalue weighted by Gasteiger charge is -2.32. The van der Waals surface area contributed by atoms with Gasteiger partial charge in [0.1, 0.15) is 0 Å². The van der Waals surface area contributed by atoms with Gasteiger partial charge in [-0.15, -0.1) is 11.3 Å². The zero-order valence-electron chi connectivity index (χ0n) is 8.68. The van der Waals surface area contributed by atoms with E-state index in [0.29, 0.717) is 9.90 Å². The van der Waals surface area contributed by atoms with Gasteiger partial charge in [-0.25, -0.2) is 0 Å². The highest BCUT2D eigenvalue weighted by Gasteiger charge is 2.36. The summed E-state index contributed by atoms with van der Waals surface area (Å²) in [5.74, 6) is 0.190. The topological polar surface area (TPSA) is 29.1 Å². The number of hydrogen-bond donors (Lipinski definition) is 1. The van der Waals surface area contributed by atoms with Crippen LogP contribution in [0.25, 0.3) is 0 Å². The molecule has 0 bridgehead atoms. The van der Waals surface area contributed by atoms with E-state index in [1.54, 1.807) is 6.07 Å². The first-order chi connectivity index (χ1) is 7.13. The number of rotatable bonds is 2. The first-order valence-corrected chi connectivity index (χ1v) is 6.38. The highest BCUT2D eigenvalue weighted by atomic mass is 35.5. The molecule has 1 fully saturated rings. The molecule has 1 aromatic rings. The van der Waals surface area contributed by atoms with Gasteiger partial charge in [-0.05, 0) is 30.8 Å². The molecule has 2 rings (SSSR count). The van der Waals surface area contributed by atoms with Gasteiger partial charge in [0, 0.05) is 12.0 Å². The Balaban J connectivity index is 2.23. The minimum atomic E-state index is -0.271. The van der Waals surface area contributed by atoms with Crippen LogP contribution in [0.1, 0.15) is 29.4 Å². The van der Waals surface area contributed by atoms with E-state index in [1.165, 1.54) is 11.3 Å². The Bertz CT molecular complexity index is 368. The largest absolute Gasteiger partial charge is 0.316 e. The van der Waals surface area contributed by atoms with Gasteiger partial charge in [-0.3, -0.25) is 4.79 Å². The predicted octanol–water partition coefficient (Wildman–Crippen LogP) is 2.97. The van der Waals surface area contributed by atoms with Gasteiger partial charge < -0.3 is 5.32 Å². The molecule has 0 radical (unpaired) electrons. The quantitative estimate of drug-likeness (QED) is 0.810. The van der Waals surface area contributed by atoms with Crippen LogP contribution < -0.4 is 5.32 Å². The van der Waals surface area contributed by atoms with Crippen LogP contribution >= 0.6 is 22.9 Å². The summed E-state index contributed by atoms with van der Waals surface area (Å²) >= 11 is 7.43. The fourth-order valence-electron chi connectivity index (χ4n) is 1.98. The fraction of sp³-hybridized carbons (Fsp3) is 0.545. The smallest absolute Gasteiger partial charge is 0.181 e. The Morgan fingerprint density at radius 3 is 3.00 bits per heavy atom. The van der Waals surface area contributed by atoms with Gasteiger partial charge in [0.15, 0.2) is 5.78 Å². The van der Waals surface area contributed by atoms with Crippen LogP contribution in [-0.2, 0) is 0 Å². The van der Waals surface area contributed by atoms with E-state index in [1.807, 2.05) is 12.3 Å². The third kappa shape index (κ3) is 2.10. The van der Waals surface area contributed by atoms with Crippen LogP contribution in [-0.4, -0.2) is 18.9 Å². The molecule has 0 saturated carbocycles. The summed E-state index contributed by atoms with van der Waals surface area (Å²) in [5, 5.41) is 5.74. The van der Waals surface area contributed by atoms with Crippen molar-refractivity contribution in [3.05, 3.63) is 21.3 Å². The van der Waals surface area contributed by atoms with Crippen LogP contribution in [0.5, 0.6) is 0 Å². The molecule has 0 amide bonds. The van der Waals surface area contributed by atoms with Gasteiger partial charge in [-0.2, -0.15) is 0 Å². The molecule has 4 heteroatoms. The molecule has 1 aliphatic heterocycles. The maximum atomic E-state index is 12.3. The number of thiophene rings is 1. The Kier molecular flexibility index (Phi) is 3.14. The van der Waals surface area contributed by atoms with Crippen LogP contribution in [0.4, 0.5) is 0 Å². The van der Waals surface area contributed by atoms with E-state index in [9.17, 15) is 4.79 Å². The first kappa shape index (κ1) is 11.1. The predicted molar refractivity (Wildman–Crippen MR) is 63.9 cm³/mol. The first-order valence-electron chi connectivity index (χ1n) is 5.12. The number of halogens is 1. The molecule has 82 valence electrons. The van der Waals surface area contributed by atoms with Crippen LogP contribution in [0.15, 0.2) is 11.4 Å². The molecule has 1 aromatic heterocycles. The molecule has 1 N–H and O–H groups in total. The average molecular weight is 244 g/mol. The molecule has 0 aromatic carbocycles. The Hall–Kier alpha value is -0.380. The van der Waals surface area contributed by atoms with Crippen molar-refractivity contribution in [1.29, 1.82) is 0 Å². The zero-order valence-corrected chi connectivity index (χ0v) is 10.3. The molecule has 0 aliphatic carbocycles. The summed E-state index contributed by atoms with van der Waals surface area (Å²) in [6, 6.07) is 1.79. The number of carbonyl (C=O) groups is 1. The second-order valence-corrected chi connectivity index (χ2v) is 5.59. The SMILES string of the molecule is CC1(C(=O)c2sccc2Cl)CCCNC1. The van der Waals surface area contributed by atoms with Crippen molar-refractivity contribution < 1.29 is 4.79 Å². The third-order valence-electron chi connectivity index (χ3n) is 2.97. The van der Waals surface area contributed by atoms with Crippen molar-refractivity contribution in [3.63, 3.8) is 0 Å². The number of hydrogen-bond acceptors (Lipinski definition) is 3. The number of carbonyl (C=O) groups excluding carboxylic acids is 1. The Labute approximate surface area is 98.6 Å². The van der Waals surface area contributed by atoms with Crippen molar-refractivity contribution in [1.82, 2.24) is 5.32 Å². The van der Waals surface area contributed by atoms with Gasteiger partial charge in [0.25, 0.3) is 0 Å². The number of piperidine rings is 1. The third-order valence-corrected chi connectivity index (χ3v) is 4.31. The minimum absolute atomic E-state index is 0.190. The van der Waals surface area contributed by atoms with E-state index >= 15 is 0 Å². The van der Waals surface area contributed by atoms with Crippen molar-refractivity contribution in [2.24, 2.45) is 5.41 Å². The van der Waals surface area contributed by atoms with Crippen LogP contribution in [0, 0.1) is 5.41 Å².